The van der Waals surface area contributed by atoms with Crippen molar-refractivity contribution in [2.75, 3.05) is 39.4 Å². The van der Waals surface area contributed by atoms with Gasteiger partial charge < -0.3 is 15.4 Å². The summed E-state index contributed by atoms with van der Waals surface area (Å²) in [4.78, 5) is 26.0. The molecule has 0 spiro atoms. The third-order valence-electron chi connectivity index (χ3n) is 4.67. The van der Waals surface area contributed by atoms with Crippen molar-refractivity contribution in [3.05, 3.63) is 0 Å². The molecule has 0 aromatic rings. The average molecular weight is 311 g/mol. The van der Waals surface area contributed by atoms with E-state index in [0.717, 1.165) is 58.5 Å². The van der Waals surface area contributed by atoms with Gasteiger partial charge in [0.1, 0.15) is 0 Å². The van der Waals surface area contributed by atoms with Crippen molar-refractivity contribution in [2.45, 2.75) is 45.1 Å². The van der Waals surface area contributed by atoms with Crippen LogP contribution in [0.15, 0.2) is 0 Å². The van der Waals surface area contributed by atoms with E-state index in [9.17, 15) is 9.59 Å². The molecule has 1 aliphatic heterocycles. The molecule has 1 saturated heterocycles. The van der Waals surface area contributed by atoms with Crippen LogP contribution in [0.3, 0.4) is 0 Å². The van der Waals surface area contributed by atoms with Crippen molar-refractivity contribution >= 4 is 11.8 Å². The van der Waals surface area contributed by atoms with E-state index >= 15 is 0 Å². The first-order valence-corrected chi connectivity index (χ1v) is 8.55. The summed E-state index contributed by atoms with van der Waals surface area (Å²) in [5.74, 6) is -0.517. The standard InChI is InChI=1S/C16H29N3O3/c1-13-5-2-3-6-14(13)18-16(21)15(20)17-7-4-8-19-9-11-22-12-10-19/h13-14H,2-12H2,1H3,(H,17,20)(H,18,21)/t13-,14+/m1/s1. The molecule has 0 radical (unpaired) electrons. The third kappa shape index (κ3) is 5.57. The Bertz CT molecular complexity index is 370. The van der Waals surface area contributed by atoms with Gasteiger partial charge in [-0.3, -0.25) is 14.5 Å². The quantitative estimate of drug-likeness (QED) is 0.574. The minimum absolute atomic E-state index is 0.153. The van der Waals surface area contributed by atoms with E-state index in [1.165, 1.54) is 6.42 Å². The lowest BCUT2D eigenvalue weighted by molar-refractivity contribution is -0.140. The predicted molar refractivity (Wildman–Crippen MR) is 84.4 cm³/mol. The number of morpholine rings is 1. The van der Waals surface area contributed by atoms with Gasteiger partial charge in [-0.1, -0.05) is 19.8 Å². The van der Waals surface area contributed by atoms with Gasteiger partial charge in [-0.05, 0) is 31.7 Å². The van der Waals surface area contributed by atoms with Gasteiger partial charge in [0.25, 0.3) is 0 Å². The molecule has 2 aliphatic rings. The van der Waals surface area contributed by atoms with Gasteiger partial charge in [-0.15, -0.1) is 0 Å². The largest absolute Gasteiger partial charge is 0.379 e. The minimum Gasteiger partial charge on any atom is -0.379 e. The van der Waals surface area contributed by atoms with Gasteiger partial charge in [0, 0.05) is 25.7 Å². The summed E-state index contributed by atoms with van der Waals surface area (Å²) < 4.78 is 5.29. The highest BCUT2D eigenvalue weighted by atomic mass is 16.5. The lowest BCUT2D eigenvalue weighted by atomic mass is 9.86. The van der Waals surface area contributed by atoms with Crippen LogP contribution in [-0.2, 0) is 14.3 Å². The number of amides is 2. The molecule has 0 aromatic carbocycles. The maximum Gasteiger partial charge on any atom is 0.309 e. The maximum absolute atomic E-state index is 11.9. The first-order chi connectivity index (χ1) is 10.7. The van der Waals surface area contributed by atoms with Gasteiger partial charge in [-0.2, -0.15) is 0 Å². The number of carbonyl (C=O) groups is 2. The highest BCUT2D eigenvalue weighted by Gasteiger charge is 2.25. The Morgan fingerprint density at radius 1 is 1.14 bits per heavy atom. The van der Waals surface area contributed by atoms with E-state index in [-0.39, 0.29) is 6.04 Å². The van der Waals surface area contributed by atoms with Crippen molar-refractivity contribution in [1.29, 1.82) is 0 Å². The van der Waals surface area contributed by atoms with Gasteiger partial charge in [-0.25, -0.2) is 0 Å². The molecule has 1 aliphatic carbocycles. The second-order valence-electron chi connectivity index (χ2n) is 6.41. The zero-order valence-corrected chi connectivity index (χ0v) is 13.6. The van der Waals surface area contributed by atoms with Crippen molar-refractivity contribution < 1.29 is 14.3 Å². The van der Waals surface area contributed by atoms with Crippen LogP contribution in [0.5, 0.6) is 0 Å². The number of carbonyl (C=O) groups excluding carboxylic acids is 2. The number of hydrogen-bond donors (Lipinski definition) is 2. The molecular weight excluding hydrogens is 282 g/mol. The summed E-state index contributed by atoms with van der Waals surface area (Å²) in [7, 11) is 0. The Kier molecular flexibility index (Phi) is 7.12. The van der Waals surface area contributed by atoms with E-state index < -0.39 is 11.8 Å². The van der Waals surface area contributed by atoms with Crippen LogP contribution in [0, 0.1) is 5.92 Å². The summed E-state index contributed by atoms with van der Waals surface area (Å²) in [5, 5.41) is 5.60. The van der Waals surface area contributed by atoms with E-state index in [0.29, 0.717) is 12.5 Å². The third-order valence-corrected chi connectivity index (χ3v) is 4.67. The second-order valence-corrected chi connectivity index (χ2v) is 6.41. The lowest BCUT2D eigenvalue weighted by Gasteiger charge is -2.29. The summed E-state index contributed by atoms with van der Waals surface area (Å²) in [6.07, 6.45) is 5.33. The van der Waals surface area contributed by atoms with E-state index in [4.69, 9.17) is 4.74 Å². The molecule has 2 N–H and O–H groups in total. The van der Waals surface area contributed by atoms with Crippen LogP contribution in [-0.4, -0.2) is 62.1 Å². The fourth-order valence-electron chi connectivity index (χ4n) is 3.17. The number of nitrogens with zero attached hydrogens (tertiary/aromatic N) is 1. The Morgan fingerprint density at radius 2 is 1.86 bits per heavy atom. The SMILES string of the molecule is C[C@@H]1CCCC[C@@H]1NC(=O)C(=O)NCCCN1CCOCC1. The number of rotatable bonds is 5. The van der Waals surface area contributed by atoms with Crippen molar-refractivity contribution in [1.82, 2.24) is 15.5 Å². The average Bonchev–Trinajstić information content (AvgIpc) is 2.54. The molecule has 2 fully saturated rings. The smallest absolute Gasteiger partial charge is 0.309 e. The molecule has 2 amide bonds. The van der Waals surface area contributed by atoms with E-state index in [1.54, 1.807) is 0 Å². The Hall–Kier alpha value is -1.14. The van der Waals surface area contributed by atoms with Gasteiger partial charge in [0.05, 0.1) is 13.2 Å². The van der Waals surface area contributed by atoms with Crippen LogP contribution in [0.4, 0.5) is 0 Å². The summed E-state index contributed by atoms with van der Waals surface area (Å²) in [6, 6.07) is 0.153. The molecule has 2 atom stereocenters. The van der Waals surface area contributed by atoms with Crippen LogP contribution in [0.1, 0.15) is 39.0 Å². The summed E-state index contributed by atoms with van der Waals surface area (Å²) in [5.41, 5.74) is 0. The molecule has 22 heavy (non-hydrogen) atoms. The predicted octanol–water partition coefficient (Wildman–Crippen LogP) is 0.520. The van der Waals surface area contributed by atoms with Crippen LogP contribution in [0.25, 0.3) is 0 Å². The Morgan fingerprint density at radius 3 is 2.59 bits per heavy atom. The molecule has 126 valence electrons. The fraction of sp³-hybridized carbons (Fsp3) is 0.875. The van der Waals surface area contributed by atoms with Crippen molar-refractivity contribution in [3.8, 4) is 0 Å². The minimum atomic E-state index is -0.500. The van der Waals surface area contributed by atoms with Crippen molar-refractivity contribution in [3.63, 3.8) is 0 Å². The molecular formula is C16H29N3O3. The first kappa shape index (κ1) is 17.2. The molecule has 6 heteroatoms. The summed E-state index contributed by atoms with van der Waals surface area (Å²) >= 11 is 0. The van der Waals surface area contributed by atoms with Crippen LogP contribution in [0.2, 0.25) is 0 Å². The van der Waals surface area contributed by atoms with Crippen molar-refractivity contribution in [2.24, 2.45) is 5.92 Å². The first-order valence-electron chi connectivity index (χ1n) is 8.55. The van der Waals surface area contributed by atoms with E-state index in [1.807, 2.05) is 0 Å². The lowest BCUT2D eigenvalue weighted by Crippen LogP contribution is -2.48. The molecule has 0 unspecified atom stereocenters. The van der Waals surface area contributed by atoms with Crippen LogP contribution < -0.4 is 10.6 Å². The van der Waals surface area contributed by atoms with Crippen LogP contribution >= 0.6 is 0 Å². The number of ether oxygens (including phenoxy) is 1. The normalized spacial score (nSPS) is 26.4. The molecule has 0 aromatic heterocycles. The number of hydrogen-bond acceptors (Lipinski definition) is 4. The fourth-order valence-corrected chi connectivity index (χ4v) is 3.17. The maximum atomic E-state index is 11.9. The molecule has 0 bridgehead atoms. The second kappa shape index (κ2) is 9.10. The Balaban J connectivity index is 1.58. The molecule has 2 rings (SSSR count). The highest BCUT2D eigenvalue weighted by Crippen LogP contribution is 2.23. The summed E-state index contributed by atoms with van der Waals surface area (Å²) in [6.45, 7) is 7.10. The zero-order valence-electron chi connectivity index (χ0n) is 13.6. The highest BCUT2D eigenvalue weighted by molar-refractivity contribution is 6.35. The molecule has 1 heterocycles. The Labute approximate surface area is 132 Å². The van der Waals surface area contributed by atoms with Gasteiger partial charge in [0.2, 0.25) is 0 Å². The van der Waals surface area contributed by atoms with Gasteiger partial charge >= 0.3 is 11.8 Å². The topological polar surface area (TPSA) is 70.7 Å². The molecule has 1 saturated carbocycles. The van der Waals surface area contributed by atoms with Gasteiger partial charge in [0.15, 0.2) is 0 Å². The number of nitrogens with one attached hydrogen (secondary N) is 2. The monoisotopic (exact) mass is 311 g/mol. The zero-order chi connectivity index (χ0) is 15.8. The van der Waals surface area contributed by atoms with E-state index in [2.05, 4.69) is 22.5 Å². The molecule has 6 nitrogen and oxygen atoms in total.